The highest BCUT2D eigenvalue weighted by atomic mass is 28.3. The molecule has 4 heteroatoms. The van der Waals surface area contributed by atoms with E-state index in [2.05, 4.69) is 264 Å². The van der Waals surface area contributed by atoms with Crippen LogP contribution in [0.25, 0.3) is 99.2 Å². The van der Waals surface area contributed by atoms with E-state index in [1.165, 1.54) is 70.0 Å². The van der Waals surface area contributed by atoms with Crippen LogP contribution in [-0.4, -0.2) is 17.2 Å². The molecule has 14 aromatic rings. The number of hydrogen-bond acceptors (Lipinski definition) is 1. The molecule has 14 rings (SSSR count). The van der Waals surface area contributed by atoms with Crippen molar-refractivity contribution in [2.75, 3.05) is 0 Å². The number of hydrogen-bond donors (Lipinski definition) is 0. The maximum absolute atomic E-state index is 6.25. The van der Waals surface area contributed by atoms with Gasteiger partial charge in [-0.05, 0) is 116 Å². The molecule has 3 aromatic heterocycles. The molecular weight excluding hydrogens is 865 g/mol. The predicted octanol–water partition coefficient (Wildman–Crippen LogP) is 14.5. The lowest BCUT2D eigenvalue weighted by molar-refractivity contribution is 0.669. The molecule has 0 aliphatic heterocycles. The van der Waals surface area contributed by atoms with Crippen molar-refractivity contribution in [2.45, 2.75) is 0 Å². The molecule has 328 valence electrons. The van der Waals surface area contributed by atoms with E-state index >= 15 is 0 Å². The number of fused-ring (bicyclic) bond motifs is 9. The summed E-state index contributed by atoms with van der Waals surface area (Å²) in [5, 5.41) is 12.5. The van der Waals surface area contributed by atoms with Crippen LogP contribution in [0.15, 0.2) is 271 Å². The van der Waals surface area contributed by atoms with Crippen LogP contribution >= 0.6 is 0 Å². The smallest absolute Gasteiger partial charge is 0.179 e. The number of nitrogens with zero attached hydrogens (tertiary/aromatic N) is 2. The molecule has 0 radical (unpaired) electrons. The van der Waals surface area contributed by atoms with Crippen LogP contribution in [0.1, 0.15) is 0 Å². The minimum Gasteiger partial charge on any atom is -0.456 e. The monoisotopic (exact) mass is 908 g/mol. The highest BCUT2D eigenvalue weighted by Crippen LogP contribution is 2.40. The normalized spacial score (nSPS) is 12.0. The lowest BCUT2D eigenvalue weighted by Gasteiger charge is -2.34. The molecule has 0 saturated heterocycles. The van der Waals surface area contributed by atoms with Crippen molar-refractivity contribution in [3.63, 3.8) is 0 Å². The largest absolute Gasteiger partial charge is 0.456 e. The molecule has 70 heavy (non-hydrogen) atoms. The summed E-state index contributed by atoms with van der Waals surface area (Å²) in [6.07, 6.45) is 0. The fraction of sp³-hybridized carbons (Fsp3) is 0. The first kappa shape index (κ1) is 40.1. The average Bonchev–Trinajstić information content (AvgIpc) is 4.09. The van der Waals surface area contributed by atoms with E-state index in [0.29, 0.717) is 0 Å². The summed E-state index contributed by atoms with van der Waals surface area (Å²) in [5.74, 6) is 0. The molecule has 0 amide bonds. The van der Waals surface area contributed by atoms with Crippen molar-refractivity contribution in [2.24, 2.45) is 0 Å². The summed E-state index contributed by atoms with van der Waals surface area (Å²) in [5.41, 5.74) is 13.5. The Morgan fingerprint density at radius 1 is 0.243 bits per heavy atom. The first-order valence-electron chi connectivity index (χ1n) is 24.1. The number of furan rings is 1. The van der Waals surface area contributed by atoms with Gasteiger partial charge < -0.3 is 13.6 Å². The minimum atomic E-state index is -2.78. The zero-order valence-electron chi connectivity index (χ0n) is 38.2. The third-order valence-corrected chi connectivity index (χ3v) is 19.4. The van der Waals surface area contributed by atoms with Crippen LogP contribution in [0.4, 0.5) is 0 Å². The number of aromatic nitrogens is 2. The first-order chi connectivity index (χ1) is 34.7. The molecule has 0 unspecified atom stereocenters. The Bertz CT molecular complexity index is 4190. The van der Waals surface area contributed by atoms with Gasteiger partial charge in [0.1, 0.15) is 11.2 Å². The molecule has 3 nitrogen and oxygen atoms in total. The highest BCUT2D eigenvalue weighted by molar-refractivity contribution is 7.19. The third-order valence-electron chi connectivity index (χ3n) is 14.7. The quantitative estimate of drug-likeness (QED) is 0.110. The van der Waals surface area contributed by atoms with Crippen molar-refractivity contribution < 1.29 is 4.42 Å². The summed E-state index contributed by atoms with van der Waals surface area (Å²) in [6.45, 7) is 0. The maximum atomic E-state index is 6.25. The average molecular weight is 909 g/mol. The van der Waals surface area contributed by atoms with Crippen LogP contribution in [0.5, 0.6) is 0 Å². The van der Waals surface area contributed by atoms with E-state index < -0.39 is 8.07 Å². The molecule has 0 spiro atoms. The van der Waals surface area contributed by atoms with E-state index in [1.54, 1.807) is 0 Å². The molecule has 0 atom stereocenters. The fourth-order valence-corrected chi connectivity index (χ4v) is 16.3. The third kappa shape index (κ3) is 6.20. The van der Waals surface area contributed by atoms with E-state index in [1.807, 2.05) is 12.1 Å². The second-order valence-corrected chi connectivity index (χ2v) is 22.2. The topological polar surface area (TPSA) is 23.0 Å². The first-order valence-corrected chi connectivity index (χ1v) is 26.1. The molecule has 0 bridgehead atoms. The van der Waals surface area contributed by atoms with Crippen molar-refractivity contribution in [3.8, 4) is 33.6 Å². The van der Waals surface area contributed by atoms with E-state index in [9.17, 15) is 0 Å². The van der Waals surface area contributed by atoms with Crippen LogP contribution < -0.4 is 20.7 Å². The molecule has 3 heterocycles. The van der Waals surface area contributed by atoms with Gasteiger partial charge in [0, 0.05) is 43.7 Å². The van der Waals surface area contributed by atoms with Gasteiger partial charge in [-0.15, -0.1) is 0 Å². The van der Waals surface area contributed by atoms with Crippen LogP contribution in [0.2, 0.25) is 0 Å². The SMILES string of the molecule is c1ccc(-c2ccc3c(c2)c2ccc(-c4ccc5oc6ccccc6c5c4)cc2n3-c2ccc3c(c2)c2ccccc2n3-c2cccc([Si](c3ccccc3)(c3ccccc3)c3ccccc3)c2)cc1. The van der Waals surface area contributed by atoms with Gasteiger partial charge in [-0.1, -0.05) is 194 Å². The van der Waals surface area contributed by atoms with Crippen molar-refractivity contribution in [1.29, 1.82) is 0 Å². The summed E-state index contributed by atoms with van der Waals surface area (Å²) >= 11 is 0. The summed E-state index contributed by atoms with van der Waals surface area (Å²) in [6, 6.07) is 98.4. The van der Waals surface area contributed by atoms with E-state index in [0.717, 1.165) is 50.0 Å². The molecule has 0 aliphatic rings. The number of para-hydroxylation sites is 2. The molecule has 11 aromatic carbocycles. The number of rotatable bonds is 8. The minimum absolute atomic E-state index is 0.901. The lowest BCUT2D eigenvalue weighted by Crippen LogP contribution is -2.74. The molecular formula is C66H44N2OSi. The van der Waals surface area contributed by atoms with E-state index in [4.69, 9.17) is 4.42 Å². The molecule has 0 aliphatic carbocycles. The van der Waals surface area contributed by atoms with Gasteiger partial charge in [0.2, 0.25) is 0 Å². The van der Waals surface area contributed by atoms with Crippen LogP contribution in [0, 0.1) is 0 Å². The Hall–Kier alpha value is -8.96. The Labute approximate surface area is 406 Å². The van der Waals surface area contributed by atoms with Crippen molar-refractivity contribution in [3.05, 3.63) is 267 Å². The Morgan fingerprint density at radius 2 is 0.714 bits per heavy atom. The van der Waals surface area contributed by atoms with Gasteiger partial charge in [-0.25, -0.2) is 0 Å². The maximum Gasteiger partial charge on any atom is 0.179 e. The van der Waals surface area contributed by atoms with Crippen LogP contribution in [-0.2, 0) is 0 Å². The highest BCUT2D eigenvalue weighted by Gasteiger charge is 2.41. The molecule has 0 saturated carbocycles. The Kier molecular flexibility index (Phi) is 9.23. The predicted molar refractivity (Wildman–Crippen MR) is 297 cm³/mol. The fourth-order valence-electron chi connectivity index (χ4n) is 11.5. The summed E-state index contributed by atoms with van der Waals surface area (Å²) in [7, 11) is -2.78. The van der Waals surface area contributed by atoms with Crippen molar-refractivity contribution in [1.82, 2.24) is 9.13 Å². The van der Waals surface area contributed by atoms with Gasteiger partial charge in [-0.3, -0.25) is 0 Å². The number of benzene rings is 11. The zero-order chi connectivity index (χ0) is 46.2. The van der Waals surface area contributed by atoms with Gasteiger partial charge in [-0.2, -0.15) is 0 Å². The van der Waals surface area contributed by atoms with Gasteiger partial charge >= 0.3 is 0 Å². The van der Waals surface area contributed by atoms with Crippen molar-refractivity contribution >= 4 is 94.4 Å². The van der Waals surface area contributed by atoms with E-state index in [-0.39, 0.29) is 0 Å². The second kappa shape index (κ2) is 16.1. The molecule has 0 N–H and O–H groups in total. The zero-order valence-corrected chi connectivity index (χ0v) is 39.2. The lowest BCUT2D eigenvalue weighted by atomic mass is 10.00. The Morgan fingerprint density at radius 3 is 1.44 bits per heavy atom. The van der Waals surface area contributed by atoms with Crippen LogP contribution in [0.3, 0.4) is 0 Å². The summed E-state index contributed by atoms with van der Waals surface area (Å²) < 4.78 is 11.2. The Balaban J connectivity index is 0.979. The summed E-state index contributed by atoms with van der Waals surface area (Å²) in [4.78, 5) is 0. The standard InChI is InChI=1S/C66H44N2OSi/c1-5-18-45(19-6-1)46-33-37-62-58(40-46)56-36-32-48(47-34-39-66-60(41-47)57-29-14-16-31-65(57)69-66)42-64(56)68(62)50-35-38-63-59(44-50)55-28-13-15-30-61(55)67(63)49-20-17-27-54(43-49)70(51-21-7-2-8-22-51,52-23-9-3-10-24-52)53-25-11-4-12-26-53/h1-44H. The van der Waals surface area contributed by atoms with Gasteiger partial charge in [0.25, 0.3) is 0 Å². The van der Waals surface area contributed by atoms with Gasteiger partial charge in [0.05, 0.1) is 22.1 Å². The second-order valence-electron chi connectivity index (χ2n) is 18.4. The molecule has 0 fully saturated rings. The van der Waals surface area contributed by atoms with Gasteiger partial charge in [0.15, 0.2) is 8.07 Å².